The van der Waals surface area contributed by atoms with E-state index in [1.807, 2.05) is 31.2 Å². The van der Waals surface area contributed by atoms with Crippen LogP contribution in [0.3, 0.4) is 0 Å². The molecule has 8 nitrogen and oxygen atoms in total. The van der Waals surface area contributed by atoms with Crippen LogP contribution in [0.5, 0.6) is 5.75 Å². The Labute approximate surface area is 167 Å². The minimum absolute atomic E-state index is 0.152. The van der Waals surface area contributed by atoms with Crippen LogP contribution in [0.25, 0.3) is 11.5 Å². The number of anilines is 1. The van der Waals surface area contributed by atoms with Crippen molar-refractivity contribution in [3.05, 3.63) is 77.9 Å². The lowest BCUT2D eigenvalue weighted by Gasteiger charge is -2.07. The highest BCUT2D eigenvalue weighted by molar-refractivity contribution is 6.03. The number of ether oxygens (including phenoxy) is 1. The van der Waals surface area contributed by atoms with E-state index in [1.165, 1.54) is 4.68 Å². The van der Waals surface area contributed by atoms with Crippen LogP contribution in [0.15, 0.2) is 65.2 Å². The standard InChI is InChI=1S/C21H19N5O3/c1-14-5-3-4-6-17(14)21-25-24-19(29-21)13-28-16-9-7-15(8-10-16)23-20(27)18-11-12-22-26(18)2/h3-12H,13H2,1-2H3,(H,23,27). The predicted molar refractivity (Wildman–Crippen MR) is 106 cm³/mol. The maximum Gasteiger partial charge on any atom is 0.273 e. The molecule has 1 N–H and O–H groups in total. The summed E-state index contributed by atoms with van der Waals surface area (Å²) in [5, 5.41) is 14.9. The maximum atomic E-state index is 12.2. The molecule has 1 amide bonds. The summed E-state index contributed by atoms with van der Waals surface area (Å²) in [4.78, 5) is 12.2. The van der Waals surface area contributed by atoms with Crippen molar-refractivity contribution in [2.45, 2.75) is 13.5 Å². The van der Waals surface area contributed by atoms with Crippen LogP contribution in [-0.4, -0.2) is 25.9 Å². The van der Waals surface area contributed by atoms with Crippen LogP contribution in [0.2, 0.25) is 0 Å². The summed E-state index contributed by atoms with van der Waals surface area (Å²) in [5.74, 6) is 1.25. The number of carbonyl (C=O) groups excluding carboxylic acids is 1. The van der Waals surface area contributed by atoms with Crippen molar-refractivity contribution in [2.24, 2.45) is 7.05 Å². The lowest BCUT2D eigenvalue weighted by molar-refractivity contribution is 0.101. The van der Waals surface area contributed by atoms with Crippen LogP contribution in [0.4, 0.5) is 5.69 Å². The van der Waals surface area contributed by atoms with E-state index in [1.54, 1.807) is 43.6 Å². The molecule has 0 aliphatic heterocycles. The molecule has 0 saturated heterocycles. The number of hydrogen-bond acceptors (Lipinski definition) is 6. The topological polar surface area (TPSA) is 95.1 Å². The third-order valence-electron chi connectivity index (χ3n) is 4.37. The van der Waals surface area contributed by atoms with Gasteiger partial charge in [-0.1, -0.05) is 18.2 Å². The molecule has 0 bridgehead atoms. The predicted octanol–water partition coefficient (Wildman–Crippen LogP) is 3.61. The number of benzene rings is 2. The van der Waals surface area contributed by atoms with Gasteiger partial charge in [0.2, 0.25) is 5.89 Å². The normalized spacial score (nSPS) is 10.7. The van der Waals surface area contributed by atoms with E-state index in [9.17, 15) is 4.79 Å². The van der Waals surface area contributed by atoms with Crippen molar-refractivity contribution >= 4 is 11.6 Å². The fourth-order valence-electron chi connectivity index (χ4n) is 2.80. The first-order chi connectivity index (χ1) is 14.1. The molecule has 0 unspecified atom stereocenters. The summed E-state index contributed by atoms with van der Waals surface area (Å²) in [6.45, 7) is 2.14. The molecule has 0 aliphatic carbocycles. The molecule has 0 aliphatic rings. The Balaban J connectivity index is 1.36. The number of carbonyl (C=O) groups is 1. The zero-order valence-corrected chi connectivity index (χ0v) is 16.0. The van der Waals surface area contributed by atoms with Gasteiger partial charge in [-0.3, -0.25) is 9.48 Å². The van der Waals surface area contributed by atoms with Crippen LogP contribution in [0, 0.1) is 6.92 Å². The first-order valence-corrected chi connectivity index (χ1v) is 9.01. The van der Waals surface area contributed by atoms with Crippen LogP contribution in [0.1, 0.15) is 21.9 Å². The van der Waals surface area contributed by atoms with Gasteiger partial charge in [-0.05, 0) is 48.9 Å². The second kappa shape index (κ2) is 7.97. The molecule has 4 aromatic rings. The van der Waals surface area contributed by atoms with Crippen molar-refractivity contribution in [3.8, 4) is 17.2 Å². The van der Waals surface area contributed by atoms with Crippen molar-refractivity contribution in [3.63, 3.8) is 0 Å². The summed E-state index contributed by atoms with van der Waals surface area (Å²) in [6, 6.07) is 16.5. The SMILES string of the molecule is Cc1ccccc1-c1nnc(COc2ccc(NC(=O)c3ccnn3C)cc2)o1. The van der Waals surface area contributed by atoms with Gasteiger partial charge in [-0.2, -0.15) is 5.10 Å². The van der Waals surface area contributed by atoms with E-state index in [0.717, 1.165) is 11.1 Å². The van der Waals surface area contributed by atoms with Crippen LogP contribution < -0.4 is 10.1 Å². The number of aryl methyl sites for hydroxylation is 2. The summed E-state index contributed by atoms with van der Waals surface area (Å²) in [5.41, 5.74) is 3.10. The molecule has 2 heterocycles. The highest BCUT2D eigenvalue weighted by Gasteiger charge is 2.12. The molecule has 29 heavy (non-hydrogen) atoms. The Morgan fingerprint density at radius 2 is 1.90 bits per heavy atom. The van der Waals surface area contributed by atoms with E-state index < -0.39 is 0 Å². The minimum Gasteiger partial charge on any atom is -0.484 e. The van der Waals surface area contributed by atoms with Gasteiger partial charge in [0, 0.05) is 24.5 Å². The Morgan fingerprint density at radius 3 is 2.62 bits per heavy atom. The Kier molecular flexibility index (Phi) is 5.07. The average molecular weight is 389 g/mol. The van der Waals surface area contributed by atoms with Gasteiger partial charge in [-0.25, -0.2) is 0 Å². The monoisotopic (exact) mass is 389 g/mol. The summed E-state index contributed by atoms with van der Waals surface area (Å²) >= 11 is 0. The summed E-state index contributed by atoms with van der Waals surface area (Å²) in [6.07, 6.45) is 1.58. The van der Waals surface area contributed by atoms with Gasteiger partial charge in [0.1, 0.15) is 11.4 Å². The van der Waals surface area contributed by atoms with Crippen molar-refractivity contribution < 1.29 is 13.9 Å². The molecule has 0 fully saturated rings. The average Bonchev–Trinajstić information content (AvgIpc) is 3.37. The van der Waals surface area contributed by atoms with Gasteiger partial charge in [0.05, 0.1) is 0 Å². The summed E-state index contributed by atoms with van der Waals surface area (Å²) in [7, 11) is 1.72. The fourth-order valence-corrected chi connectivity index (χ4v) is 2.80. The molecule has 4 rings (SSSR count). The van der Waals surface area contributed by atoms with E-state index in [0.29, 0.717) is 28.9 Å². The second-order valence-corrected chi connectivity index (χ2v) is 6.42. The first-order valence-electron chi connectivity index (χ1n) is 9.01. The van der Waals surface area contributed by atoms with Gasteiger partial charge in [0.15, 0.2) is 6.61 Å². The van der Waals surface area contributed by atoms with Gasteiger partial charge in [0.25, 0.3) is 11.8 Å². The number of amides is 1. The highest BCUT2D eigenvalue weighted by Crippen LogP contribution is 2.22. The van der Waals surface area contributed by atoms with E-state index in [-0.39, 0.29) is 12.5 Å². The number of nitrogens with zero attached hydrogens (tertiary/aromatic N) is 4. The molecule has 2 aromatic heterocycles. The van der Waals surface area contributed by atoms with Crippen molar-refractivity contribution in [1.29, 1.82) is 0 Å². The van der Waals surface area contributed by atoms with E-state index in [2.05, 4.69) is 20.6 Å². The maximum absolute atomic E-state index is 12.2. The molecule has 0 atom stereocenters. The highest BCUT2D eigenvalue weighted by atomic mass is 16.5. The van der Waals surface area contributed by atoms with Gasteiger partial charge in [-0.15, -0.1) is 10.2 Å². The molecule has 146 valence electrons. The fraction of sp³-hybridized carbons (Fsp3) is 0.143. The smallest absolute Gasteiger partial charge is 0.273 e. The number of nitrogens with one attached hydrogen (secondary N) is 1. The van der Waals surface area contributed by atoms with Crippen molar-refractivity contribution in [1.82, 2.24) is 20.0 Å². The zero-order chi connectivity index (χ0) is 20.2. The van der Waals surface area contributed by atoms with Crippen LogP contribution >= 0.6 is 0 Å². The molecular weight excluding hydrogens is 370 g/mol. The van der Waals surface area contributed by atoms with Crippen molar-refractivity contribution in [2.75, 3.05) is 5.32 Å². The van der Waals surface area contributed by atoms with Gasteiger partial charge < -0.3 is 14.5 Å². The van der Waals surface area contributed by atoms with E-state index >= 15 is 0 Å². The van der Waals surface area contributed by atoms with Crippen LogP contribution in [-0.2, 0) is 13.7 Å². The zero-order valence-electron chi connectivity index (χ0n) is 16.0. The molecular formula is C21H19N5O3. The third kappa shape index (κ3) is 4.16. The molecule has 2 aromatic carbocycles. The molecule has 8 heteroatoms. The third-order valence-corrected chi connectivity index (χ3v) is 4.37. The summed E-state index contributed by atoms with van der Waals surface area (Å²) < 4.78 is 12.9. The lowest BCUT2D eigenvalue weighted by Crippen LogP contribution is -2.15. The number of rotatable bonds is 6. The Hall–Kier alpha value is -3.94. The molecule has 0 radical (unpaired) electrons. The Bertz CT molecular complexity index is 1130. The number of hydrogen-bond donors (Lipinski definition) is 1. The molecule has 0 saturated carbocycles. The van der Waals surface area contributed by atoms with E-state index in [4.69, 9.17) is 9.15 Å². The second-order valence-electron chi connectivity index (χ2n) is 6.42. The van der Waals surface area contributed by atoms with Gasteiger partial charge >= 0.3 is 0 Å². The largest absolute Gasteiger partial charge is 0.484 e. The minimum atomic E-state index is -0.228. The Morgan fingerprint density at radius 1 is 1.10 bits per heavy atom. The lowest BCUT2D eigenvalue weighted by atomic mass is 10.1. The quantitative estimate of drug-likeness (QED) is 0.541. The first kappa shape index (κ1) is 18.4. The molecule has 0 spiro atoms. The number of aromatic nitrogens is 4.